The normalized spacial score (nSPS) is 37.5. The molecule has 2 aromatic carbocycles. The van der Waals surface area contributed by atoms with Crippen LogP contribution in [0.15, 0.2) is 48.5 Å². The molecule has 25 heavy (non-hydrogen) atoms. The Balaban J connectivity index is 1.76. The fourth-order valence-corrected chi connectivity index (χ4v) is 6.22. The zero-order chi connectivity index (χ0) is 17.3. The molecular formula is C24H29N. The molecule has 0 saturated heterocycles. The second kappa shape index (κ2) is 4.98. The average molecular weight is 332 g/mol. The van der Waals surface area contributed by atoms with E-state index in [9.17, 15) is 0 Å². The van der Waals surface area contributed by atoms with Crippen LogP contribution in [-0.2, 0) is 16.5 Å². The first-order valence-electron chi connectivity index (χ1n) is 10.0. The molecule has 0 aromatic heterocycles. The van der Waals surface area contributed by atoms with Crippen molar-refractivity contribution in [1.82, 2.24) is 5.32 Å². The minimum atomic E-state index is -0.0747. The predicted octanol–water partition coefficient (Wildman–Crippen LogP) is 5.62. The van der Waals surface area contributed by atoms with Gasteiger partial charge in [0.15, 0.2) is 0 Å². The van der Waals surface area contributed by atoms with Gasteiger partial charge in [0.1, 0.15) is 0 Å². The first-order valence-corrected chi connectivity index (χ1v) is 10.0. The second-order valence-electron chi connectivity index (χ2n) is 9.04. The summed E-state index contributed by atoms with van der Waals surface area (Å²) in [5, 5.41) is 4.10. The number of fused-ring (bicyclic) bond motifs is 9. The molecular weight excluding hydrogens is 302 g/mol. The highest BCUT2D eigenvalue weighted by molar-refractivity contribution is 5.56. The van der Waals surface area contributed by atoms with E-state index in [0.717, 1.165) is 5.92 Å². The Morgan fingerprint density at radius 2 is 1.48 bits per heavy atom. The summed E-state index contributed by atoms with van der Waals surface area (Å²) in [7, 11) is 0. The van der Waals surface area contributed by atoms with E-state index in [1.807, 2.05) is 0 Å². The lowest BCUT2D eigenvalue weighted by Gasteiger charge is -2.39. The lowest BCUT2D eigenvalue weighted by atomic mass is 9.76. The predicted molar refractivity (Wildman–Crippen MR) is 104 cm³/mol. The molecule has 2 aliphatic heterocycles. The minimum Gasteiger partial charge on any atom is -0.294 e. The number of nitrogens with one attached hydrogen (secondary N) is 1. The molecule has 130 valence electrons. The molecule has 0 unspecified atom stereocenters. The van der Waals surface area contributed by atoms with Gasteiger partial charge in [0.05, 0.1) is 5.54 Å². The van der Waals surface area contributed by atoms with Gasteiger partial charge in [0.25, 0.3) is 0 Å². The van der Waals surface area contributed by atoms with Crippen molar-refractivity contribution >= 4 is 0 Å². The average Bonchev–Trinajstić information content (AvgIpc) is 3.25. The number of unbranched alkanes of at least 4 members (excludes halogenated alkanes) is 1. The molecule has 1 N–H and O–H groups in total. The number of hydrogen-bond acceptors (Lipinski definition) is 1. The summed E-state index contributed by atoms with van der Waals surface area (Å²) in [6, 6.07) is 18.4. The number of benzene rings is 2. The lowest BCUT2D eigenvalue weighted by molar-refractivity contribution is 0.261. The Morgan fingerprint density at radius 1 is 0.880 bits per heavy atom. The Hall–Kier alpha value is -1.60. The summed E-state index contributed by atoms with van der Waals surface area (Å²) in [4.78, 5) is 0. The molecule has 3 aliphatic rings. The largest absolute Gasteiger partial charge is 0.294 e. The van der Waals surface area contributed by atoms with Crippen molar-refractivity contribution in [2.75, 3.05) is 0 Å². The molecule has 5 rings (SSSR count). The van der Waals surface area contributed by atoms with E-state index < -0.39 is 0 Å². The molecule has 0 spiro atoms. The van der Waals surface area contributed by atoms with Crippen LogP contribution in [0.4, 0.5) is 0 Å². The van der Waals surface area contributed by atoms with E-state index >= 15 is 0 Å². The third kappa shape index (κ3) is 1.94. The molecule has 1 fully saturated rings. The fourth-order valence-electron chi connectivity index (χ4n) is 6.22. The molecule has 2 bridgehead atoms. The van der Waals surface area contributed by atoms with Crippen molar-refractivity contribution in [3.63, 3.8) is 0 Å². The molecule has 1 saturated carbocycles. The van der Waals surface area contributed by atoms with E-state index in [1.54, 1.807) is 5.56 Å². The van der Waals surface area contributed by atoms with Crippen molar-refractivity contribution < 1.29 is 0 Å². The van der Waals surface area contributed by atoms with Crippen LogP contribution in [0, 0.1) is 5.92 Å². The molecule has 0 amide bonds. The maximum atomic E-state index is 4.10. The fraction of sp³-hybridized carbons (Fsp3) is 0.500. The lowest BCUT2D eigenvalue weighted by Crippen LogP contribution is -2.47. The van der Waals surface area contributed by atoms with Gasteiger partial charge in [0, 0.05) is 5.54 Å². The summed E-state index contributed by atoms with van der Waals surface area (Å²) in [5.74, 6) is 0.813. The molecule has 4 atom stereocenters. The van der Waals surface area contributed by atoms with Gasteiger partial charge in [-0.1, -0.05) is 68.3 Å². The van der Waals surface area contributed by atoms with Crippen molar-refractivity contribution in [2.45, 2.75) is 69.4 Å². The first-order chi connectivity index (χ1) is 12.0. The minimum absolute atomic E-state index is 0.0747. The highest BCUT2D eigenvalue weighted by Gasteiger charge is 2.62. The zero-order valence-electron chi connectivity index (χ0n) is 15.7. The van der Waals surface area contributed by atoms with Gasteiger partial charge in [-0.25, -0.2) is 0 Å². The van der Waals surface area contributed by atoms with Crippen LogP contribution in [0.5, 0.6) is 0 Å². The second-order valence-corrected chi connectivity index (χ2v) is 9.04. The van der Waals surface area contributed by atoms with Gasteiger partial charge in [-0.05, 0) is 66.7 Å². The summed E-state index contributed by atoms with van der Waals surface area (Å²) in [6.45, 7) is 7.17. The summed E-state index contributed by atoms with van der Waals surface area (Å²) in [5.41, 5.74) is 6.60. The zero-order valence-corrected chi connectivity index (χ0v) is 15.7. The van der Waals surface area contributed by atoms with Gasteiger partial charge >= 0.3 is 0 Å². The van der Waals surface area contributed by atoms with Gasteiger partial charge < -0.3 is 0 Å². The van der Waals surface area contributed by atoms with Crippen LogP contribution in [0.25, 0.3) is 0 Å². The van der Waals surface area contributed by atoms with Crippen LogP contribution < -0.4 is 5.32 Å². The number of rotatable bonds is 3. The van der Waals surface area contributed by atoms with Gasteiger partial charge in [0.2, 0.25) is 0 Å². The van der Waals surface area contributed by atoms with Gasteiger partial charge in [-0.2, -0.15) is 0 Å². The smallest absolute Gasteiger partial charge is 0.0674 e. The summed E-state index contributed by atoms with van der Waals surface area (Å²) in [6.07, 6.45) is 6.63. The van der Waals surface area contributed by atoms with E-state index in [-0.39, 0.29) is 11.1 Å². The Morgan fingerprint density at radius 3 is 2.16 bits per heavy atom. The van der Waals surface area contributed by atoms with Crippen molar-refractivity contribution in [2.24, 2.45) is 5.92 Å². The Labute approximate surface area is 151 Å². The number of hydrogen-bond donors (Lipinski definition) is 1. The third-order valence-corrected chi connectivity index (χ3v) is 7.45. The standard InChI is InChI=1S/C24H29N/c1-4-5-14-24-16-17(24)15-22(2)18-10-6-7-11-19(18)23(3,25-22)20-12-8-9-13-21(20)24/h6-13,17,25H,4-5,14-16H2,1-3H3/t17-,22-,23-,24+/m1/s1. The SMILES string of the molecule is CCCC[C@]12C[C@H]1C[C@@]1(C)N[C@@](C)(c3ccccc32)c2ccccc21. The Kier molecular flexibility index (Phi) is 3.11. The highest BCUT2D eigenvalue weighted by Crippen LogP contribution is 2.66. The monoisotopic (exact) mass is 331 g/mol. The van der Waals surface area contributed by atoms with Crippen LogP contribution in [0.2, 0.25) is 0 Å². The van der Waals surface area contributed by atoms with E-state index in [2.05, 4.69) is 74.6 Å². The Bertz CT molecular complexity index is 839. The molecule has 1 aliphatic carbocycles. The maximum Gasteiger partial charge on any atom is 0.0674 e. The molecule has 1 heteroatoms. The van der Waals surface area contributed by atoms with Gasteiger partial charge in [-0.15, -0.1) is 0 Å². The van der Waals surface area contributed by atoms with E-state index in [1.165, 1.54) is 48.8 Å². The third-order valence-electron chi connectivity index (χ3n) is 7.45. The highest BCUT2D eigenvalue weighted by atomic mass is 15.1. The van der Waals surface area contributed by atoms with Crippen LogP contribution in [0.3, 0.4) is 0 Å². The van der Waals surface area contributed by atoms with Gasteiger partial charge in [-0.3, -0.25) is 5.32 Å². The van der Waals surface area contributed by atoms with Crippen molar-refractivity contribution in [3.05, 3.63) is 70.8 Å². The maximum absolute atomic E-state index is 4.10. The summed E-state index contributed by atoms with van der Waals surface area (Å²) >= 11 is 0. The van der Waals surface area contributed by atoms with Crippen LogP contribution in [0.1, 0.15) is 75.1 Å². The van der Waals surface area contributed by atoms with E-state index in [0.29, 0.717) is 5.41 Å². The van der Waals surface area contributed by atoms with E-state index in [4.69, 9.17) is 0 Å². The quantitative estimate of drug-likeness (QED) is 0.769. The summed E-state index contributed by atoms with van der Waals surface area (Å²) < 4.78 is 0. The topological polar surface area (TPSA) is 12.0 Å². The molecule has 2 heterocycles. The first kappa shape index (κ1) is 15.6. The molecule has 1 nitrogen and oxygen atoms in total. The molecule has 2 aromatic rings. The molecule has 0 radical (unpaired) electrons. The van der Waals surface area contributed by atoms with Crippen molar-refractivity contribution in [3.8, 4) is 0 Å². The van der Waals surface area contributed by atoms with Crippen LogP contribution >= 0.6 is 0 Å². The van der Waals surface area contributed by atoms with Crippen molar-refractivity contribution in [1.29, 1.82) is 0 Å². The van der Waals surface area contributed by atoms with Crippen LogP contribution in [-0.4, -0.2) is 0 Å².